The van der Waals surface area contributed by atoms with Crippen molar-refractivity contribution in [3.8, 4) is 5.75 Å². The van der Waals surface area contributed by atoms with E-state index in [4.69, 9.17) is 16.3 Å². The van der Waals surface area contributed by atoms with Crippen LogP contribution >= 0.6 is 11.6 Å². The summed E-state index contributed by atoms with van der Waals surface area (Å²) in [6.07, 6.45) is 1.09. The number of hydrogen-bond acceptors (Lipinski definition) is 3. The summed E-state index contributed by atoms with van der Waals surface area (Å²) >= 11 is 6.00. The fraction of sp³-hybridized carbons (Fsp3) is 0.571. The van der Waals surface area contributed by atoms with Crippen LogP contribution in [0.5, 0.6) is 5.75 Å². The molecule has 0 unspecified atom stereocenters. The molecule has 4 heteroatoms. The largest absolute Gasteiger partial charge is 0.508 e. The van der Waals surface area contributed by atoms with E-state index in [1.807, 2.05) is 0 Å². The van der Waals surface area contributed by atoms with E-state index >= 15 is 0 Å². The Morgan fingerprint density at radius 1 is 1.33 bits per heavy atom. The number of benzene rings is 1. The number of phenols is 1. The summed E-state index contributed by atoms with van der Waals surface area (Å²) in [5, 5.41) is 13.4. The van der Waals surface area contributed by atoms with E-state index in [0.29, 0.717) is 24.1 Å². The van der Waals surface area contributed by atoms with Crippen molar-refractivity contribution in [2.75, 3.05) is 19.8 Å². The molecule has 1 aromatic carbocycles. The van der Waals surface area contributed by atoms with E-state index in [0.717, 1.165) is 25.1 Å². The van der Waals surface area contributed by atoms with Crippen LogP contribution in [0.15, 0.2) is 18.2 Å². The van der Waals surface area contributed by atoms with Crippen molar-refractivity contribution in [1.82, 2.24) is 5.32 Å². The molecule has 18 heavy (non-hydrogen) atoms. The lowest BCUT2D eigenvalue weighted by molar-refractivity contribution is 0.125. The van der Waals surface area contributed by atoms with Crippen LogP contribution in [0.2, 0.25) is 5.02 Å². The van der Waals surface area contributed by atoms with Crippen LogP contribution in [0.4, 0.5) is 0 Å². The first-order valence-electron chi connectivity index (χ1n) is 6.36. The van der Waals surface area contributed by atoms with E-state index < -0.39 is 0 Å². The number of phenolic OH excluding ortho intramolecular Hbond substituents is 1. The lowest BCUT2D eigenvalue weighted by Gasteiger charge is -2.09. The maximum atomic E-state index is 9.64. The summed E-state index contributed by atoms with van der Waals surface area (Å²) in [5.41, 5.74) is 0.737. The van der Waals surface area contributed by atoms with E-state index in [-0.39, 0.29) is 5.75 Å². The Balaban J connectivity index is 2.14. The fourth-order valence-corrected chi connectivity index (χ4v) is 1.74. The molecule has 1 rings (SSSR count). The molecule has 0 aromatic heterocycles. The van der Waals surface area contributed by atoms with E-state index in [2.05, 4.69) is 19.2 Å². The van der Waals surface area contributed by atoms with Gasteiger partial charge in [0.05, 0.1) is 6.61 Å². The van der Waals surface area contributed by atoms with Gasteiger partial charge in [-0.2, -0.15) is 0 Å². The minimum absolute atomic E-state index is 0.232. The van der Waals surface area contributed by atoms with E-state index in [9.17, 15) is 5.11 Å². The summed E-state index contributed by atoms with van der Waals surface area (Å²) in [5.74, 6) is 0.911. The molecule has 1 aromatic rings. The maximum absolute atomic E-state index is 9.64. The normalized spacial score (nSPS) is 11.1. The smallest absolute Gasteiger partial charge is 0.121 e. The second-order valence-electron chi connectivity index (χ2n) is 4.71. The van der Waals surface area contributed by atoms with Crippen LogP contribution in [0.25, 0.3) is 0 Å². The van der Waals surface area contributed by atoms with Gasteiger partial charge in [-0.25, -0.2) is 0 Å². The number of nitrogens with one attached hydrogen (secondary N) is 1. The molecule has 2 N–H and O–H groups in total. The summed E-state index contributed by atoms with van der Waals surface area (Å²) in [6.45, 7) is 7.15. The van der Waals surface area contributed by atoms with Gasteiger partial charge in [0.25, 0.3) is 0 Å². The molecule has 102 valence electrons. The summed E-state index contributed by atoms with van der Waals surface area (Å²) in [7, 11) is 0. The molecule has 0 saturated heterocycles. The van der Waals surface area contributed by atoms with Gasteiger partial charge in [-0.15, -0.1) is 0 Å². The van der Waals surface area contributed by atoms with Crippen LogP contribution in [0.1, 0.15) is 25.8 Å². The average Bonchev–Trinajstić information content (AvgIpc) is 2.30. The van der Waals surface area contributed by atoms with Gasteiger partial charge >= 0.3 is 0 Å². The molecule has 0 aliphatic heterocycles. The third kappa shape index (κ3) is 5.71. The second-order valence-corrected chi connectivity index (χ2v) is 5.12. The summed E-state index contributed by atoms with van der Waals surface area (Å²) in [6, 6.07) is 5.15. The molecule has 0 atom stereocenters. The quantitative estimate of drug-likeness (QED) is 0.714. The number of ether oxygens (including phenoxy) is 1. The monoisotopic (exact) mass is 271 g/mol. The van der Waals surface area contributed by atoms with Crippen molar-refractivity contribution < 1.29 is 9.84 Å². The Kier molecular flexibility index (Phi) is 7.09. The van der Waals surface area contributed by atoms with Crippen LogP contribution < -0.4 is 5.32 Å². The van der Waals surface area contributed by atoms with Gasteiger partial charge in [0.15, 0.2) is 0 Å². The van der Waals surface area contributed by atoms with Crippen LogP contribution in [0, 0.1) is 5.92 Å². The van der Waals surface area contributed by atoms with Gasteiger partial charge in [0.2, 0.25) is 0 Å². The van der Waals surface area contributed by atoms with Gasteiger partial charge in [0, 0.05) is 30.3 Å². The molecular formula is C14H22ClNO2. The fourth-order valence-electron chi connectivity index (χ4n) is 1.50. The Bertz CT molecular complexity index is 335. The topological polar surface area (TPSA) is 41.5 Å². The highest BCUT2D eigenvalue weighted by Gasteiger charge is 2.04. The molecule has 0 bridgehead atoms. The highest BCUT2D eigenvalue weighted by molar-refractivity contribution is 6.31. The van der Waals surface area contributed by atoms with Gasteiger partial charge in [-0.1, -0.05) is 31.5 Å². The van der Waals surface area contributed by atoms with Crippen molar-refractivity contribution in [2.45, 2.75) is 26.8 Å². The highest BCUT2D eigenvalue weighted by atomic mass is 35.5. The Labute approximate surface area is 114 Å². The SMILES string of the molecule is CC(C)CCOCCNCc1c(O)cccc1Cl. The first-order valence-corrected chi connectivity index (χ1v) is 6.74. The van der Waals surface area contributed by atoms with Gasteiger partial charge in [-0.05, 0) is 24.5 Å². The zero-order valence-electron chi connectivity index (χ0n) is 11.1. The highest BCUT2D eigenvalue weighted by Crippen LogP contribution is 2.24. The first kappa shape index (κ1) is 15.3. The molecule has 0 saturated carbocycles. The standard InChI is InChI=1S/C14H22ClNO2/c1-11(2)6-8-18-9-7-16-10-12-13(15)4-3-5-14(12)17/h3-5,11,16-17H,6-10H2,1-2H3. The Morgan fingerprint density at radius 2 is 2.11 bits per heavy atom. The summed E-state index contributed by atoms with van der Waals surface area (Å²) < 4.78 is 5.48. The summed E-state index contributed by atoms with van der Waals surface area (Å²) in [4.78, 5) is 0. The minimum Gasteiger partial charge on any atom is -0.508 e. The molecule has 0 spiro atoms. The third-order valence-corrected chi connectivity index (χ3v) is 3.01. The number of halogens is 1. The molecule has 3 nitrogen and oxygen atoms in total. The van der Waals surface area contributed by atoms with Crippen LogP contribution in [0.3, 0.4) is 0 Å². The molecule has 0 fully saturated rings. The molecule has 0 radical (unpaired) electrons. The van der Waals surface area contributed by atoms with Gasteiger partial charge < -0.3 is 15.2 Å². The number of aromatic hydroxyl groups is 1. The van der Waals surface area contributed by atoms with Gasteiger partial charge in [-0.3, -0.25) is 0 Å². The van der Waals surface area contributed by atoms with Gasteiger partial charge in [0.1, 0.15) is 5.75 Å². The molecule has 0 aliphatic carbocycles. The molecule has 0 aliphatic rings. The predicted octanol–water partition coefficient (Wildman–Crippen LogP) is 3.20. The van der Waals surface area contributed by atoms with Crippen molar-refractivity contribution in [3.63, 3.8) is 0 Å². The molecule has 0 amide bonds. The minimum atomic E-state index is 0.232. The lowest BCUT2D eigenvalue weighted by Crippen LogP contribution is -2.20. The van der Waals surface area contributed by atoms with Crippen molar-refractivity contribution in [1.29, 1.82) is 0 Å². The van der Waals surface area contributed by atoms with E-state index in [1.165, 1.54) is 0 Å². The van der Waals surface area contributed by atoms with Crippen molar-refractivity contribution >= 4 is 11.6 Å². The van der Waals surface area contributed by atoms with Crippen molar-refractivity contribution in [3.05, 3.63) is 28.8 Å². The van der Waals surface area contributed by atoms with Crippen molar-refractivity contribution in [2.24, 2.45) is 5.92 Å². The average molecular weight is 272 g/mol. The molecular weight excluding hydrogens is 250 g/mol. The number of rotatable bonds is 8. The maximum Gasteiger partial charge on any atom is 0.121 e. The van der Waals surface area contributed by atoms with E-state index in [1.54, 1.807) is 18.2 Å². The third-order valence-electron chi connectivity index (χ3n) is 2.66. The van der Waals surface area contributed by atoms with Crippen LogP contribution in [-0.2, 0) is 11.3 Å². The first-order chi connectivity index (χ1) is 8.61. The predicted molar refractivity (Wildman–Crippen MR) is 75.1 cm³/mol. The zero-order valence-corrected chi connectivity index (χ0v) is 11.8. The lowest BCUT2D eigenvalue weighted by atomic mass is 10.1. The second kappa shape index (κ2) is 8.35. The Morgan fingerprint density at radius 3 is 2.78 bits per heavy atom. The number of hydrogen-bond donors (Lipinski definition) is 2. The zero-order chi connectivity index (χ0) is 13.4. The Hall–Kier alpha value is -0.770. The molecule has 0 heterocycles. The van der Waals surface area contributed by atoms with Crippen LogP contribution in [-0.4, -0.2) is 24.9 Å².